The Hall–Kier alpha value is -0.400. The molecule has 0 spiro atoms. The number of hydrogen-bond acceptors (Lipinski definition) is 0. The quantitative estimate of drug-likeness (QED) is 0.592. The molecule has 88 valence electrons. The third-order valence-corrected chi connectivity index (χ3v) is 3.93. The summed E-state index contributed by atoms with van der Waals surface area (Å²) in [5, 5.41) is 1.67. The first kappa shape index (κ1) is 13.0. The van der Waals surface area contributed by atoms with Crippen LogP contribution in [0.3, 0.4) is 0 Å². The summed E-state index contributed by atoms with van der Waals surface area (Å²) in [7, 11) is 0. The highest BCUT2D eigenvalue weighted by Crippen LogP contribution is 2.37. The molecule has 0 fully saturated rings. The van der Waals surface area contributed by atoms with Crippen molar-refractivity contribution in [1.82, 2.24) is 0 Å². The molecule has 0 amide bonds. The van der Waals surface area contributed by atoms with Gasteiger partial charge in [0.25, 0.3) is 0 Å². The van der Waals surface area contributed by atoms with E-state index in [1.54, 1.807) is 12.1 Å². The van der Waals surface area contributed by atoms with Gasteiger partial charge in [-0.05, 0) is 23.3 Å². The minimum absolute atomic E-state index is 0.331. The number of benzene rings is 2. The SMILES string of the molecule is ClCc1c(Cl)cccc1-c1cccc(Cl)c1Cl. The van der Waals surface area contributed by atoms with Gasteiger partial charge < -0.3 is 0 Å². The van der Waals surface area contributed by atoms with Crippen LogP contribution in [0.5, 0.6) is 0 Å². The second kappa shape index (κ2) is 5.49. The summed E-state index contributed by atoms with van der Waals surface area (Å²) >= 11 is 24.2. The molecule has 0 radical (unpaired) electrons. The Morgan fingerprint density at radius 3 is 2.00 bits per heavy atom. The smallest absolute Gasteiger partial charge is 0.0670 e. The summed E-state index contributed by atoms with van der Waals surface area (Å²) in [6.07, 6.45) is 0. The molecule has 2 aromatic rings. The predicted molar refractivity (Wildman–Crippen MR) is 76.5 cm³/mol. The lowest BCUT2D eigenvalue weighted by molar-refractivity contribution is 1.40. The van der Waals surface area contributed by atoms with Crippen molar-refractivity contribution in [3.63, 3.8) is 0 Å². The number of alkyl halides is 1. The minimum Gasteiger partial charge on any atom is -0.121 e. The molecule has 0 aliphatic rings. The van der Waals surface area contributed by atoms with E-state index in [9.17, 15) is 0 Å². The Morgan fingerprint density at radius 2 is 1.35 bits per heavy atom. The Kier molecular flexibility index (Phi) is 4.22. The van der Waals surface area contributed by atoms with Crippen molar-refractivity contribution in [1.29, 1.82) is 0 Å². The second-order valence-electron chi connectivity index (χ2n) is 3.50. The Bertz CT molecular complexity index is 549. The fourth-order valence-electron chi connectivity index (χ4n) is 1.66. The fraction of sp³-hybridized carbons (Fsp3) is 0.0769. The van der Waals surface area contributed by atoms with E-state index in [4.69, 9.17) is 46.4 Å². The van der Waals surface area contributed by atoms with Crippen LogP contribution in [0.25, 0.3) is 11.1 Å². The van der Waals surface area contributed by atoms with Crippen LogP contribution in [-0.2, 0) is 5.88 Å². The largest absolute Gasteiger partial charge is 0.121 e. The van der Waals surface area contributed by atoms with Gasteiger partial charge in [0.15, 0.2) is 0 Å². The van der Waals surface area contributed by atoms with E-state index in [1.807, 2.05) is 24.3 Å². The van der Waals surface area contributed by atoms with Gasteiger partial charge in [-0.15, -0.1) is 11.6 Å². The van der Waals surface area contributed by atoms with Gasteiger partial charge >= 0.3 is 0 Å². The average molecular weight is 306 g/mol. The van der Waals surface area contributed by atoms with E-state index in [1.165, 1.54) is 0 Å². The van der Waals surface area contributed by atoms with Gasteiger partial charge in [-0.25, -0.2) is 0 Å². The molecule has 0 nitrogen and oxygen atoms in total. The van der Waals surface area contributed by atoms with Crippen molar-refractivity contribution in [2.45, 2.75) is 5.88 Å². The third kappa shape index (κ3) is 2.56. The summed E-state index contributed by atoms with van der Waals surface area (Å²) in [6, 6.07) is 11.1. The molecule has 0 aliphatic heterocycles. The molecule has 0 unspecified atom stereocenters. The highest BCUT2D eigenvalue weighted by atomic mass is 35.5. The van der Waals surface area contributed by atoms with E-state index in [0.29, 0.717) is 20.9 Å². The summed E-state index contributed by atoms with van der Waals surface area (Å²) in [5.41, 5.74) is 2.62. The molecular weight excluding hydrogens is 298 g/mol. The first-order valence-corrected chi connectivity index (χ1v) is 6.59. The van der Waals surface area contributed by atoms with Crippen molar-refractivity contribution in [3.8, 4) is 11.1 Å². The van der Waals surface area contributed by atoms with Crippen LogP contribution in [0.1, 0.15) is 5.56 Å². The lowest BCUT2D eigenvalue weighted by atomic mass is 10.0. The zero-order valence-corrected chi connectivity index (χ0v) is 11.7. The lowest BCUT2D eigenvalue weighted by Gasteiger charge is -2.11. The minimum atomic E-state index is 0.331. The number of rotatable bonds is 2. The molecule has 0 saturated carbocycles. The summed E-state index contributed by atoms with van der Waals surface area (Å²) in [4.78, 5) is 0. The molecular formula is C13H8Cl4. The van der Waals surface area contributed by atoms with E-state index >= 15 is 0 Å². The van der Waals surface area contributed by atoms with E-state index in [0.717, 1.165) is 16.7 Å². The lowest BCUT2D eigenvalue weighted by Crippen LogP contribution is -1.89. The van der Waals surface area contributed by atoms with Gasteiger partial charge in [-0.1, -0.05) is 59.1 Å². The molecule has 0 saturated heterocycles. The molecule has 0 atom stereocenters. The molecule has 4 heteroatoms. The summed E-state index contributed by atoms with van der Waals surface area (Å²) < 4.78 is 0. The van der Waals surface area contributed by atoms with Crippen LogP contribution >= 0.6 is 46.4 Å². The molecule has 0 N–H and O–H groups in total. The normalized spacial score (nSPS) is 10.6. The van der Waals surface area contributed by atoms with Gasteiger partial charge in [0.1, 0.15) is 0 Å². The standard InChI is InChI=1S/C13H8Cl4/c14-7-10-8(3-1-5-11(10)15)9-4-2-6-12(16)13(9)17/h1-6H,7H2. The highest BCUT2D eigenvalue weighted by Gasteiger charge is 2.12. The first-order valence-electron chi connectivity index (χ1n) is 4.93. The van der Waals surface area contributed by atoms with Gasteiger partial charge in [-0.3, -0.25) is 0 Å². The second-order valence-corrected chi connectivity index (χ2v) is 4.96. The first-order chi connectivity index (χ1) is 8.15. The van der Waals surface area contributed by atoms with E-state index < -0.39 is 0 Å². The maximum absolute atomic E-state index is 6.19. The number of halogens is 4. The molecule has 17 heavy (non-hydrogen) atoms. The van der Waals surface area contributed by atoms with Gasteiger partial charge in [0, 0.05) is 16.5 Å². The predicted octanol–water partition coefficient (Wildman–Crippen LogP) is 6.05. The van der Waals surface area contributed by atoms with Gasteiger partial charge in [-0.2, -0.15) is 0 Å². The Labute approximate surface area is 120 Å². The zero-order valence-electron chi connectivity index (χ0n) is 8.68. The topological polar surface area (TPSA) is 0 Å². The van der Waals surface area contributed by atoms with E-state index in [2.05, 4.69) is 0 Å². The molecule has 0 aliphatic carbocycles. The average Bonchev–Trinajstić information content (AvgIpc) is 2.32. The van der Waals surface area contributed by atoms with Crippen LogP contribution in [0.4, 0.5) is 0 Å². The van der Waals surface area contributed by atoms with Crippen LogP contribution in [0, 0.1) is 0 Å². The Morgan fingerprint density at radius 1 is 0.765 bits per heavy atom. The number of hydrogen-bond donors (Lipinski definition) is 0. The molecule has 2 rings (SSSR count). The summed E-state index contributed by atoms with van der Waals surface area (Å²) in [6.45, 7) is 0. The van der Waals surface area contributed by atoms with Gasteiger partial charge in [0.2, 0.25) is 0 Å². The molecule has 2 aromatic carbocycles. The van der Waals surface area contributed by atoms with Crippen molar-refractivity contribution in [2.75, 3.05) is 0 Å². The zero-order chi connectivity index (χ0) is 12.4. The van der Waals surface area contributed by atoms with Crippen LogP contribution < -0.4 is 0 Å². The van der Waals surface area contributed by atoms with Crippen molar-refractivity contribution in [2.24, 2.45) is 0 Å². The highest BCUT2D eigenvalue weighted by molar-refractivity contribution is 6.43. The third-order valence-electron chi connectivity index (χ3n) is 2.49. The Balaban J connectivity index is 2.68. The maximum Gasteiger partial charge on any atom is 0.0670 e. The van der Waals surface area contributed by atoms with Crippen LogP contribution in [0.15, 0.2) is 36.4 Å². The van der Waals surface area contributed by atoms with Crippen molar-refractivity contribution in [3.05, 3.63) is 57.0 Å². The fourth-order valence-corrected chi connectivity index (χ4v) is 2.66. The molecule has 0 bridgehead atoms. The molecule has 0 aromatic heterocycles. The van der Waals surface area contributed by atoms with Crippen LogP contribution in [-0.4, -0.2) is 0 Å². The summed E-state index contributed by atoms with van der Waals surface area (Å²) in [5.74, 6) is 0.331. The molecule has 0 heterocycles. The van der Waals surface area contributed by atoms with Crippen LogP contribution in [0.2, 0.25) is 15.1 Å². The van der Waals surface area contributed by atoms with E-state index in [-0.39, 0.29) is 0 Å². The van der Waals surface area contributed by atoms with Gasteiger partial charge in [0.05, 0.1) is 10.0 Å². The monoisotopic (exact) mass is 304 g/mol. The van der Waals surface area contributed by atoms with Crippen molar-refractivity contribution < 1.29 is 0 Å². The maximum atomic E-state index is 6.19. The van der Waals surface area contributed by atoms with Crippen molar-refractivity contribution >= 4 is 46.4 Å².